The van der Waals surface area contributed by atoms with Gasteiger partial charge in [0, 0.05) is 12.6 Å². The molecule has 1 aromatic carbocycles. The van der Waals surface area contributed by atoms with Gasteiger partial charge in [-0.1, -0.05) is 12.1 Å². The van der Waals surface area contributed by atoms with Gasteiger partial charge in [0.15, 0.2) is 5.13 Å². The Balaban J connectivity index is 1.96. The molecule has 0 atom stereocenters. The number of aromatic nitrogens is 1. The van der Waals surface area contributed by atoms with Gasteiger partial charge in [-0.2, -0.15) is 0 Å². The molecule has 1 heterocycles. The molecule has 0 radical (unpaired) electrons. The third-order valence-corrected chi connectivity index (χ3v) is 4.35. The molecule has 1 aromatic heterocycles. The van der Waals surface area contributed by atoms with E-state index in [2.05, 4.69) is 20.5 Å². The standard InChI is InChI=1S/C17H21N5O2S/c1-17(2,3)19-9-14(24)22(5)10-13(23)21-16-20-12-8-6-7-11(18-4)15(12)25-16/h6-8,19H,9-10H2,1-3,5H3,(H,20,21,23). The van der Waals surface area contributed by atoms with Crippen molar-refractivity contribution in [3.05, 3.63) is 29.6 Å². The number of hydrogen-bond donors (Lipinski definition) is 2. The second-order valence-electron chi connectivity index (χ2n) is 6.66. The highest BCUT2D eigenvalue weighted by molar-refractivity contribution is 7.23. The summed E-state index contributed by atoms with van der Waals surface area (Å²) < 4.78 is 0.742. The first-order chi connectivity index (χ1) is 11.7. The fraction of sp³-hybridized carbons (Fsp3) is 0.412. The summed E-state index contributed by atoms with van der Waals surface area (Å²) in [7, 11) is 1.59. The molecular formula is C17H21N5O2S. The number of rotatable bonds is 5. The average Bonchev–Trinajstić information content (AvgIpc) is 2.93. The van der Waals surface area contributed by atoms with E-state index in [9.17, 15) is 9.59 Å². The zero-order valence-electron chi connectivity index (χ0n) is 14.7. The SMILES string of the molecule is [C-]#[N+]c1cccc2nc(NC(=O)CN(C)C(=O)CNC(C)(C)C)sc12. The topological polar surface area (TPSA) is 78.7 Å². The van der Waals surface area contributed by atoms with Gasteiger partial charge in [0.2, 0.25) is 17.5 Å². The molecule has 0 aliphatic rings. The van der Waals surface area contributed by atoms with Gasteiger partial charge in [-0.15, -0.1) is 11.3 Å². The highest BCUT2D eigenvalue weighted by Crippen LogP contribution is 2.33. The Morgan fingerprint density at radius 2 is 2.08 bits per heavy atom. The molecule has 0 aliphatic heterocycles. The first kappa shape index (κ1) is 18.8. The van der Waals surface area contributed by atoms with Crippen LogP contribution >= 0.6 is 11.3 Å². The molecule has 0 spiro atoms. The van der Waals surface area contributed by atoms with Crippen LogP contribution in [0.2, 0.25) is 0 Å². The van der Waals surface area contributed by atoms with Gasteiger partial charge in [-0.05, 0) is 26.8 Å². The molecule has 7 nitrogen and oxygen atoms in total. The Bertz CT molecular complexity index is 832. The van der Waals surface area contributed by atoms with Crippen LogP contribution in [0.25, 0.3) is 15.1 Å². The minimum absolute atomic E-state index is 0.0593. The summed E-state index contributed by atoms with van der Waals surface area (Å²) in [6.45, 7) is 13.2. The summed E-state index contributed by atoms with van der Waals surface area (Å²) in [5.74, 6) is -0.486. The highest BCUT2D eigenvalue weighted by Gasteiger charge is 2.17. The van der Waals surface area contributed by atoms with Gasteiger partial charge in [0.1, 0.15) is 0 Å². The molecule has 0 saturated heterocycles. The number of amides is 2. The van der Waals surface area contributed by atoms with E-state index in [4.69, 9.17) is 6.57 Å². The number of carbonyl (C=O) groups is 2. The molecule has 2 amide bonds. The summed E-state index contributed by atoms with van der Waals surface area (Å²) >= 11 is 1.25. The first-order valence-electron chi connectivity index (χ1n) is 7.75. The number of benzene rings is 1. The number of fused-ring (bicyclic) bond motifs is 1. The van der Waals surface area contributed by atoms with E-state index in [-0.39, 0.29) is 30.4 Å². The van der Waals surface area contributed by atoms with Crippen molar-refractivity contribution in [1.29, 1.82) is 0 Å². The fourth-order valence-corrected chi connectivity index (χ4v) is 2.95. The van der Waals surface area contributed by atoms with Crippen molar-refractivity contribution in [1.82, 2.24) is 15.2 Å². The lowest BCUT2D eigenvalue weighted by Gasteiger charge is -2.23. The van der Waals surface area contributed by atoms with Crippen molar-refractivity contribution in [2.24, 2.45) is 0 Å². The van der Waals surface area contributed by atoms with Crippen LogP contribution in [-0.4, -0.2) is 47.4 Å². The van der Waals surface area contributed by atoms with Crippen molar-refractivity contribution < 1.29 is 9.59 Å². The van der Waals surface area contributed by atoms with E-state index in [0.717, 1.165) is 4.70 Å². The number of anilines is 1. The monoisotopic (exact) mass is 359 g/mol. The second kappa shape index (κ2) is 7.59. The molecule has 0 bridgehead atoms. The zero-order valence-corrected chi connectivity index (χ0v) is 15.5. The van der Waals surface area contributed by atoms with Crippen molar-refractivity contribution in [3.8, 4) is 0 Å². The van der Waals surface area contributed by atoms with Crippen LogP contribution in [0.4, 0.5) is 10.8 Å². The normalized spacial score (nSPS) is 11.2. The van der Waals surface area contributed by atoms with E-state index in [1.807, 2.05) is 20.8 Å². The van der Waals surface area contributed by atoms with Crippen LogP contribution in [0.5, 0.6) is 0 Å². The number of likely N-dealkylation sites (N-methyl/N-ethyl adjacent to an activating group) is 1. The number of carbonyl (C=O) groups excluding carboxylic acids is 2. The minimum atomic E-state index is -0.324. The van der Waals surface area contributed by atoms with Crippen LogP contribution in [0, 0.1) is 6.57 Å². The van der Waals surface area contributed by atoms with Gasteiger partial charge in [-0.25, -0.2) is 9.83 Å². The average molecular weight is 359 g/mol. The summed E-state index contributed by atoms with van der Waals surface area (Å²) in [6, 6.07) is 5.27. The second-order valence-corrected chi connectivity index (χ2v) is 7.66. The lowest BCUT2D eigenvalue weighted by atomic mass is 10.1. The van der Waals surface area contributed by atoms with E-state index < -0.39 is 0 Å². The Morgan fingerprint density at radius 1 is 1.36 bits per heavy atom. The third kappa shape index (κ3) is 5.24. The molecule has 0 fully saturated rings. The van der Waals surface area contributed by atoms with Crippen molar-refractivity contribution in [3.63, 3.8) is 0 Å². The van der Waals surface area contributed by atoms with Crippen molar-refractivity contribution in [2.75, 3.05) is 25.5 Å². The third-order valence-electron chi connectivity index (χ3n) is 3.34. The molecular weight excluding hydrogens is 338 g/mol. The maximum atomic E-state index is 12.1. The summed E-state index contributed by atoms with van der Waals surface area (Å²) in [5, 5.41) is 6.21. The molecule has 2 aromatic rings. The maximum Gasteiger partial charge on any atom is 0.245 e. The Labute approximate surface area is 150 Å². The molecule has 132 valence electrons. The first-order valence-corrected chi connectivity index (χ1v) is 8.57. The van der Waals surface area contributed by atoms with E-state index >= 15 is 0 Å². The highest BCUT2D eigenvalue weighted by atomic mass is 32.1. The van der Waals surface area contributed by atoms with E-state index in [1.165, 1.54) is 16.2 Å². The Kier molecular flexibility index (Phi) is 5.72. The lowest BCUT2D eigenvalue weighted by Crippen LogP contribution is -2.45. The van der Waals surface area contributed by atoms with Crippen molar-refractivity contribution >= 4 is 44.2 Å². The maximum absolute atomic E-state index is 12.1. The summed E-state index contributed by atoms with van der Waals surface area (Å²) in [6.07, 6.45) is 0. The van der Waals surface area contributed by atoms with Crippen LogP contribution in [0.1, 0.15) is 20.8 Å². The van der Waals surface area contributed by atoms with Crippen LogP contribution in [0.3, 0.4) is 0 Å². The molecule has 8 heteroatoms. The molecule has 2 N–H and O–H groups in total. The predicted molar refractivity (Wildman–Crippen MR) is 99.9 cm³/mol. The quantitative estimate of drug-likeness (QED) is 0.805. The Hall–Kier alpha value is -2.50. The van der Waals surface area contributed by atoms with E-state index in [1.54, 1.807) is 25.2 Å². The van der Waals surface area contributed by atoms with Gasteiger partial charge >= 0.3 is 0 Å². The molecule has 0 aliphatic carbocycles. The zero-order chi connectivity index (χ0) is 18.6. The number of hydrogen-bond acceptors (Lipinski definition) is 5. The Morgan fingerprint density at radius 3 is 2.72 bits per heavy atom. The molecule has 2 rings (SSSR count). The van der Waals surface area contributed by atoms with Gasteiger partial charge in [0.25, 0.3) is 0 Å². The lowest BCUT2D eigenvalue weighted by molar-refractivity contribution is -0.132. The number of nitrogens with one attached hydrogen (secondary N) is 2. The van der Waals surface area contributed by atoms with Crippen molar-refractivity contribution in [2.45, 2.75) is 26.3 Å². The minimum Gasteiger partial charge on any atom is -0.335 e. The molecule has 0 saturated carbocycles. The fourth-order valence-electron chi connectivity index (χ4n) is 2.01. The number of nitrogens with zero attached hydrogens (tertiary/aromatic N) is 3. The van der Waals surface area contributed by atoms with Gasteiger partial charge in [0.05, 0.1) is 29.9 Å². The van der Waals surface area contributed by atoms with Crippen LogP contribution < -0.4 is 10.6 Å². The van der Waals surface area contributed by atoms with Gasteiger partial charge in [-0.3, -0.25) is 9.59 Å². The summed E-state index contributed by atoms with van der Waals surface area (Å²) in [4.78, 5) is 33.3. The largest absolute Gasteiger partial charge is 0.335 e. The molecule has 25 heavy (non-hydrogen) atoms. The van der Waals surface area contributed by atoms with Crippen LogP contribution in [0.15, 0.2) is 18.2 Å². The smallest absolute Gasteiger partial charge is 0.245 e. The molecule has 0 unspecified atom stereocenters. The van der Waals surface area contributed by atoms with Crippen LogP contribution in [-0.2, 0) is 9.59 Å². The van der Waals surface area contributed by atoms with E-state index in [0.29, 0.717) is 16.3 Å². The van der Waals surface area contributed by atoms with Gasteiger partial charge < -0.3 is 15.5 Å². The predicted octanol–water partition coefficient (Wildman–Crippen LogP) is 2.63. The number of thiazole rings is 1. The summed E-state index contributed by atoms with van der Waals surface area (Å²) in [5.41, 5.74) is 1.02.